The molecule has 2 saturated heterocycles. The Morgan fingerprint density at radius 3 is 2.61 bits per heavy atom. The minimum Gasteiger partial charge on any atom is -0.495 e. The Hall–Kier alpha value is -1.45. The highest BCUT2D eigenvalue weighted by atomic mass is 35.5. The molecular formula is C18H23ClN2O5S2. The summed E-state index contributed by atoms with van der Waals surface area (Å²) in [5.41, 5.74) is 0.570. The van der Waals surface area contributed by atoms with Crippen molar-refractivity contribution < 1.29 is 22.7 Å². The minimum absolute atomic E-state index is 0.00594. The van der Waals surface area contributed by atoms with E-state index in [-0.39, 0.29) is 34.6 Å². The Morgan fingerprint density at radius 1 is 1.32 bits per heavy atom. The van der Waals surface area contributed by atoms with Crippen LogP contribution in [0.5, 0.6) is 11.5 Å². The molecule has 0 unspecified atom stereocenters. The van der Waals surface area contributed by atoms with Gasteiger partial charge in [-0.2, -0.15) is 4.99 Å². The van der Waals surface area contributed by atoms with Crippen molar-refractivity contribution in [2.75, 3.05) is 30.6 Å². The second kappa shape index (κ2) is 8.12. The van der Waals surface area contributed by atoms with Gasteiger partial charge in [-0.25, -0.2) is 8.42 Å². The average molecular weight is 447 g/mol. The summed E-state index contributed by atoms with van der Waals surface area (Å²) in [5, 5.41) is 0.647. The Labute approximate surface area is 174 Å². The molecule has 2 aliphatic heterocycles. The normalized spacial score (nSPS) is 25.6. The number of thioether (sulfide) groups is 1. The number of amidine groups is 1. The lowest BCUT2D eigenvalue weighted by atomic mass is 10.1. The maximum absolute atomic E-state index is 12.5. The molecular weight excluding hydrogens is 424 g/mol. The Balaban J connectivity index is 2.11. The highest BCUT2D eigenvalue weighted by molar-refractivity contribution is 8.16. The number of carbonyl (C=O) groups excluding carboxylic acids is 1. The van der Waals surface area contributed by atoms with E-state index in [1.54, 1.807) is 17.0 Å². The predicted molar refractivity (Wildman–Crippen MR) is 113 cm³/mol. The molecule has 2 fully saturated rings. The summed E-state index contributed by atoms with van der Waals surface area (Å²) in [7, 11) is -0.146. The van der Waals surface area contributed by atoms with E-state index in [0.29, 0.717) is 33.8 Å². The third-order valence-corrected chi connectivity index (χ3v) is 8.52. The summed E-state index contributed by atoms with van der Waals surface area (Å²) in [4.78, 5) is 18.6. The van der Waals surface area contributed by atoms with Crippen molar-refractivity contribution in [3.63, 3.8) is 0 Å². The van der Waals surface area contributed by atoms with Crippen LogP contribution in [0.2, 0.25) is 5.02 Å². The van der Waals surface area contributed by atoms with Crippen molar-refractivity contribution in [3.8, 4) is 11.5 Å². The zero-order valence-corrected chi connectivity index (χ0v) is 18.5. The van der Waals surface area contributed by atoms with E-state index >= 15 is 0 Å². The van der Waals surface area contributed by atoms with Crippen LogP contribution in [0.3, 0.4) is 0 Å². The Morgan fingerprint density at radius 2 is 2.00 bits per heavy atom. The standard InChI is InChI=1S/C18H23ClN2O5S2/c1-5-10(2)17(22)20-18-21(13-8-28(23,24)9-16(13)27-18)12-6-11(19)14(25-3)7-15(12)26-4/h6-7,10,13,16H,5,8-9H2,1-4H3/t10-,13+,16+/m0/s1. The molecule has 0 bridgehead atoms. The molecule has 2 aliphatic rings. The van der Waals surface area contributed by atoms with Crippen molar-refractivity contribution in [3.05, 3.63) is 17.2 Å². The van der Waals surface area contributed by atoms with Gasteiger partial charge in [0.05, 0.1) is 42.5 Å². The molecule has 1 aromatic rings. The van der Waals surface area contributed by atoms with Gasteiger partial charge in [0.15, 0.2) is 15.0 Å². The Bertz CT molecular complexity index is 919. The number of amides is 1. The Kier molecular flexibility index (Phi) is 6.17. The largest absolute Gasteiger partial charge is 0.495 e. The number of hydrogen-bond donors (Lipinski definition) is 0. The number of halogens is 1. The summed E-state index contributed by atoms with van der Waals surface area (Å²) in [6.45, 7) is 3.75. The zero-order chi connectivity index (χ0) is 20.6. The predicted octanol–water partition coefficient (Wildman–Crippen LogP) is 3.00. The van der Waals surface area contributed by atoms with Gasteiger partial charge in [-0.05, 0) is 12.5 Å². The number of rotatable bonds is 5. The number of aliphatic imine (C=N–C) groups is 1. The number of methoxy groups -OCH3 is 2. The number of hydrogen-bond acceptors (Lipinski definition) is 6. The lowest BCUT2D eigenvalue weighted by Gasteiger charge is -2.27. The highest BCUT2D eigenvalue weighted by Gasteiger charge is 2.50. The quantitative estimate of drug-likeness (QED) is 0.687. The van der Waals surface area contributed by atoms with E-state index in [9.17, 15) is 13.2 Å². The van der Waals surface area contributed by atoms with E-state index in [1.807, 2.05) is 13.8 Å². The molecule has 0 aromatic heterocycles. The van der Waals surface area contributed by atoms with Gasteiger partial charge in [0.25, 0.3) is 5.91 Å². The summed E-state index contributed by atoms with van der Waals surface area (Å²) in [5.74, 6) is 0.529. The van der Waals surface area contributed by atoms with Gasteiger partial charge in [0.1, 0.15) is 11.5 Å². The molecule has 0 spiro atoms. The van der Waals surface area contributed by atoms with Crippen molar-refractivity contribution in [1.82, 2.24) is 0 Å². The summed E-state index contributed by atoms with van der Waals surface area (Å²) in [6.07, 6.45) is 0.680. The first kappa shape index (κ1) is 21.3. The molecule has 0 radical (unpaired) electrons. The third kappa shape index (κ3) is 3.97. The van der Waals surface area contributed by atoms with Crippen LogP contribution in [-0.4, -0.2) is 56.5 Å². The number of sulfone groups is 1. The molecule has 10 heteroatoms. The van der Waals surface area contributed by atoms with Crippen LogP contribution >= 0.6 is 23.4 Å². The van der Waals surface area contributed by atoms with Crippen molar-refractivity contribution in [1.29, 1.82) is 0 Å². The topological polar surface area (TPSA) is 85.3 Å². The van der Waals surface area contributed by atoms with E-state index < -0.39 is 9.84 Å². The molecule has 28 heavy (non-hydrogen) atoms. The van der Waals surface area contributed by atoms with Gasteiger partial charge < -0.3 is 14.4 Å². The van der Waals surface area contributed by atoms with Crippen LogP contribution in [0.1, 0.15) is 20.3 Å². The molecule has 1 amide bonds. The van der Waals surface area contributed by atoms with Crippen LogP contribution in [0, 0.1) is 5.92 Å². The number of anilines is 1. The third-order valence-electron chi connectivity index (χ3n) is 5.02. The van der Waals surface area contributed by atoms with Crippen LogP contribution in [0.4, 0.5) is 5.69 Å². The van der Waals surface area contributed by atoms with Gasteiger partial charge in [-0.1, -0.05) is 37.2 Å². The fourth-order valence-electron chi connectivity index (χ4n) is 3.26. The molecule has 0 aliphatic carbocycles. The lowest BCUT2D eigenvalue weighted by Crippen LogP contribution is -2.38. The summed E-state index contributed by atoms with van der Waals surface area (Å²) in [6, 6.07) is 2.97. The van der Waals surface area contributed by atoms with E-state index in [1.165, 1.54) is 26.0 Å². The number of carbonyl (C=O) groups is 1. The fraction of sp³-hybridized carbons (Fsp3) is 0.556. The SMILES string of the molecule is CC[C@H](C)C(=O)N=C1S[C@@H]2CS(=O)(=O)C[C@H]2N1c1cc(Cl)c(OC)cc1OC. The zero-order valence-electron chi connectivity index (χ0n) is 16.1. The van der Waals surface area contributed by atoms with Crippen molar-refractivity contribution in [2.24, 2.45) is 10.9 Å². The molecule has 2 heterocycles. The summed E-state index contributed by atoms with van der Waals surface area (Å²) >= 11 is 7.65. The van der Waals surface area contributed by atoms with Gasteiger partial charge >= 0.3 is 0 Å². The second-order valence-electron chi connectivity index (χ2n) is 6.87. The fourth-order valence-corrected chi connectivity index (χ4v) is 7.41. The molecule has 1 aromatic carbocycles. The minimum atomic E-state index is -3.16. The molecule has 0 saturated carbocycles. The van der Waals surface area contributed by atoms with Crippen LogP contribution in [0.25, 0.3) is 0 Å². The molecule has 0 N–H and O–H groups in total. The molecule has 7 nitrogen and oxygen atoms in total. The van der Waals surface area contributed by atoms with Crippen LogP contribution in [0.15, 0.2) is 17.1 Å². The van der Waals surface area contributed by atoms with Crippen LogP contribution in [-0.2, 0) is 14.6 Å². The number of benzene rings is 1. The van der Waals surface area contributed by atoms with Gasteiger partial charge in [0.2, 0.25) is 0 Å². The monoisotopic (exact) mass is 446 g/mol. The van der Waals surface area contributed by atoms with Crippen molar-refractivity contribution in [2.45, 2.75) is 31.6 Å². The first-order valence-electron chi connectivity index (χ1n) is 8.91. The van der Waals surface area contributed by atoms with Gasteiger partial charge in [-0.3, -0.25) is 4.79 Å². The van der Waals surface area contributed by atoms with Gasteiger partial charge in [0, 0.05) is 17.2 Å². The lowest BCUT2D eigenvalue weighted by molar-refractivity contribution is -0.121. The van der Waals surface area contributed by atoms with Crippen molar-refractivity contribution >= 4 is 50.0 Å². The van der Waals surface area contributed by atoms with E-state index in [2.05, 4.69) is 4.99 Å². The maximum Gasteiger partial charge on any atom is 0.250 e. The molecule has 154 valence electrons. The molecule has 3 rings (SSSR count). The number of ether oxygens (including phenoxy) is 2. The first-order chi connectivity index (χ1) is 13.2. The number of fused-ring (bicyclic) bond motifs is 1. The average Bonchev–Trinajstić information content (AvgIpc) is 3.11. The smallest absolute Gasteiger partial charge is 0.250 e. The highest BCUT2D eigenvalue weighted by Crippen LogP contribution is 2.46. The van der Waals surface area contributed by atoms with E-state index in [4.69, 9.17) is 21.1 Å². The maximum atomic E-state index is 12.5. The van der Waals surface area contributed by atoms with E-state index in [0.717, 1.165) is 0 Å². The van der Waals surface area contributed by atoms with Crippen LogP contribution < -0.4 is 14.4 Å². The molecule has 3 atom stereocenters. The second-order valence-corrected chi connectivity index (χ2v) is 10.6. The van der Waals surface area contributed by atoms with Gasteiger partial charge in [-0.15, -0.1) is 0 Å². The first-order valence-corrected chi connectivity index (χ1v) is 12.0. The summed E-state index contributed by atoms with van der Waals surface area (Å²) < 4.78 is 35.1. The number of nitrogens with zero attached hydrogens (tertiary/aromatic N) is 2.